The van der Waals surface area contributed by atoms with E-state index < -0.39 is 29.1 Å². The summed E-state index contributed by atoms with van der Waals surface area (Å²) in [5.74, 6) is -3.44. The molecule has 0 heterocycles. The molecule has 1 aromatic rings. The smallest absolute Gasteiger partial charge is 0.166 e. The van der Waals surface area contributed by atoms with Crippen LogP contribution < -0.4 is 5.73 Å². The van der Waals surface area contributed by atoms with Crippen molar-refractivity contribution >= 4 is 0 Å². The highest BCUT2D eigenvalue weighted by Crippen LogP contribution is 2.22. The van der Waals surface area contributed by atoms with Crippen molar-refractivity contribution in [3.05, 3.63) is 35.1 Å². The maximum absolute atomic E-state index is 13.0. The Morgan fingerprint density at radius 3 is 2.43 bits per heavy atom. The highest BCUT2D eigenvalue weighted by atomic mass is 19.2. The number of nitrogens with two attached hydrogens (primary N) is 1. The Morgan fingerprint density at radius 2 is 1.86 bits per heavy atom. The highest BCUT2D eigenvalue weighted by molar-refractivity contribution is 5.24. The quantitative estimate of drug-likeness (QED) is 0.742. The van der Waals surface area contributed by atoms with Gasteiger partial charge in [0.25, 0.3) is 0 Å². The molecule has 0 bridgehead atoms. The van der Waals surface area contributed by atoms with Gasteiger partial charge in [-0.1, -0.05) is 0 Å². The minimum Gasteiger partial charge on any atom is -0.323 e. The minimum atomic E-state index is -1.33. The zero-order valence-electron chi connectivity index (χ0n) is 7.10. The van der Waals surface area contributed by atoms with Crippen molar-refractivity contribution in [1.82, 2.24) is 0 Å². The van der Waals surface area contributed by atoms with E-state index in [1.165, 1.54) is 0 Å². The van der Waals surface area contributed by atoms with E-state index >= 15 is 0 Å². The first-order chi connectivity index (χ1) is 6.57. The molecule has 0 unspecified atom stereocenters. The number of benzene rings is 1. The van der Waals surface area contributed by atoms with Gasteiger partial charge in [-0.2, -0.15) is 5.26 Å². The number of hydrogen-bond donors (Lipinski definition) is 1. The lowest BCUT2D eigenvalue weighted by Gasteiger charge is -2.10. The van der Waals surface area contributed by atoms with Gasteiger partial charge in [0.1, 0.15) is 5.82 Å². The van der Waals surface area contributed by atoms with Crippen LogP contribution in [0, 0.1) is 28.8 Å². The standard InChI is InChI=1S/C9H7F3N2/c10-5-1-2-6(11)9(12)8(5)7(14)3-4-13/h1-2,7H,3,14H2/t7-/m1/s1. The van der Waals surface area contributed by atoms with E-state index in [1.54, 1.807) is 6.07 Å². The number of hydrogen-bond acceptors (Lipinski definition) is 2. The predicted octanol–water partition coefficient (Wildman–Crippen LogP) is 2.02. The molecule has 0 aliphatic carbocycles. The minimum absolute atomic E-state index is 0.267. The van der Waals surface area contributed by atoms with Gasteiger partial charge < -0.3 is 5.73 Å². The van der Waals surface area contributed by atoms with Crippen LogP contribution in [-0.2, 0) is 0 Å². The zero-order valence-corrected chi connectivity index (χ0v) is 7.10. The molecule has 2 nitrogen and oxygen atoms in total. The van der Waals surface area contributed by atoms with Crippen LogP contribution in [0.3, 0.4) is 0 Å². The second-order valence-corrected chi connectivity index (χ2v) is 2.73. The van der Waals surface area contributed by atoms with Crippen molar-refractivity contribution in [1.29, 1.82) is 5.26 Å². The summed E-state index contributed by atoms with van der Waals surface area (Å²) >= 11 is 0. The molecule has 1 rings (SSSR count). The van der Waals surface area contributed by atoms with Gasteiger partial charge in [0.2, 0.25) is 0 Å². The van der Waals surface area contributed by atoms with Gasteiger partial charge in [0, 0.05) is 11.6 Å². The lowest BCUT2D eigenvalue weighted by Crippen LogP contribution is -2.14. The molecule has 1 atom stereocenters. The Morgan fingerprint density at radius 1 is 1.29 bits per heavy atom. The number of halogens is 3. The van der Waals surface area contributed by atoms with Gasteiger partial charge in [0.15, 0.2) is 11.6 Å². The fourth-order valence-corrected chi connectivity index (χ4v) is 1.08. The third kappa shape index (κ3) is 1.86. The van der Waals surface area contributed by atoms with E-state index in [0.717, 1.165) is 6.07 Å². The van der Waals surface area contributed by atoms with E-state index in [9.17, 15) is 13.2 Å². The Kier molecular flexibility index (Phi) is 3.10. The Hall–Kier alpha value is -1.54. The molecule has 0 spiro atoms. The van der Waals surface area contributed by atoms with Gasteiger partial charge in [0.05, 0.1) is 12.5 Å². The zero-order chi connectivity index (χ0) is 10.7. The molecule has 74 valence electrons. The molecule has 0 aliphatic rings. The molecule has 0 saturated heterocycles. The normalized spacial score (nSPS) is 12.2. The molecule has 14 heavy (non-hydrogen) atoms. The fraction of sp³-hybridized carbons (Fsp3) is 0.222. The third-order valence-corrected chi connectivity index (χ3v) is 1.76. The van der Waals surface area contributed by atoms with Crippen LogP contribution in [0.25, 0.3) is 0 Å². The average Bonchev–Trinajstić information content (AvgIpc) is 2.13. The number of nitrogens with zero attached hydrogens (tertiary/aromatic N) is 1. The van der Waals surface area contributed by atoms with Gasteiger partial charge >= 0.3 is 0 Å². The first-order valence-electron chi connectivity index (χ1n) is 3.84. The van der Waals surface area contributed by atoms with E-state index in [1.807, 2.05) is 0 Å². The van der Waals surface area contributed by atoms with Crippen molar-refractivity contribution in [3.8, 4) is 6.07 Å². The van der Waals surface area contributed by atoms with Crippen LogP contribution in [-0.4, -0.2) is 0 Å². The fourth-order valence-electron chi connectivity index (χ4n) is 1.08. The number of nitriles is 1. The summed E-state index contributed by atoms with van der Waals surface area (Å²) in [4.78, 5) is 0. The van der Waals surface area contributed by atoms with Crippen molar-refractivity contribution in [2.45, 2.75) is 12.5 Å². The van der Waals surface area contributed by atoms with Crippen molar-refractivity contribution < 1.29 is 13.2 Å². The first-order valence-corrected chi connectivity index (χ1v) is 3.84. The molecular formula is C9H7F3N2. The summed E-state index contributed by atoms with van der Waals surface area (Å²) < 4.78 is 38.7. The Bertz CT molecular complexity index is 384. The third-order valence-electron chi connectivity index (χ3n) is 1.76. The van der Waals surface area contributed by atoms with Crippen LogP contribution >= 0.6 is 0 Å². The van der Waals surface area contributed by atoms with E-state index in [0.29, 0.717) is 6.07 Å². The highest BCUT2D eigenvalue weighted by Gasteiger charge is 2.19. The predicted molar refractivity (Wildman–Crippen MR) is 43.5 cm³/mol. The van der Waals surface area contributed by atoms with Crippen LogP contribution in [0.15, 0.2) is 12.1 Å². The first kappa shape index (κ1) is 10.5. The van der Waals surface area contributed by atoms with Crippen molar-refractivity contribution in [3.63, 3.8) is 0 Å². The van der Waals surface area contributed by atoms with Crippen LogP contribution in [0.4, 0.5) is 13.2 Å². The van der Waals surface area contributed by atoms with Gasteiger partial charge in [-0.3, -0.25) is 0 Å². The van der Waals surface area contributed by atoms with E-state index in [-0.39, 0.29) is 6.42 Å². The van der Waals surface area contributed by atoms with Crippen molar-refractivity contribution in [2.24, 2.45) is 5.73 Å². The summed E-state index contributed by atoms with van der Waals surface area (Å²) in [6.07, 6.45) is -0.267. The molecule has 5 heteroatoms. The van der Waals surface area contributed by atoms with Crippen LogP contribution in [0.2, 0.25) is 0 Å². The molecule has 0 fully saturated rings. The molecular weight excluding hydrogens is 193 g/mol. The summed E-state index contributed by atoms with van der Waals surface area (Å²) in [6, 6.07) is 1.97. The average molecular weight is 200 g/mol. The SMILES string of the molecule is N#CC[C@@H](N)c1c(F)ccc(F)c1F. The largest absolute Gasteiger partial charge is 0.323 e. The van der Waals surface area contributed by atoms with E-state index in [2.05, 4.69) is 0 Å². The molecule has 0 amide bonds. The lowest BCUT2D eigenvalue weighted by atomic mass is 10.0. The number of rotatable bonds is 2. The molecule has 0 radical (unpaired) electrons. The molecule has 0 aliphatic heterocycles. The molecule has 2 N–H and O–H groups in total. The van der Waals surface area contributed by atoms with Gasteiger partial charge in [-0.25, -0.2) is 13.2 Å². The lowest BCUT2D eigenvalue weighted by molar-refractivity contribution is 0.466. The summed E-state index contributed by atoms with van der Waals surface area (Å²) in [6.45, 7) is 0. The Labute approximate surface area is 78.8 Å². The monoisotopic (exact) mass is 200 g/mol. The molecule has 0 aromatic heterocycles. The van der Waals surface area contributed by atoms with Crippen molar-refractivity contribution in [2.75, 3.05) is 0 Å². The van der Waals surface area contributed by atoms with Gasteiger partial charge in [-0.05, 0) is 12.1 Å². The Balaban J connectivity index is 3.19. The summed E-state index contributed by atoms with van der Waals surface area (Å²) in [7, 11) is 0. The summed E-state index contributed by atoms with van der Waals surface area (Å²) in [5.41, 5.74) is 4.73. The van der Waals surface area contributed by atoms with Crippen LogP contribution in [0.1, 0.15) is 18.0 Å². The maximum atomic E-state index is 13.0. The molecule has 0 saturated carbocycles. The topological polar surface area (TPSA) is 49.8 Å². The second-order valence-electron chi connectivity index (χ2n) is 2.73. The van der Waals surface area contributed by atoms with E-state index in [4.69, 9.17) is 11.0 Å². The summed E-state index contributed by atoms with van der Waals surface area (Å²) in [5, 5.41) is 8.28. The molecule has 1 aromatic carbocycles. The maximum Gasteiger partial charge on any atom is 0.166 e. The van der Waals surface area contributed by atoms with Gasteiger partial charge in [-0.15, -0.1) is 0 Å². The second kappa shape index (κ2) is 4.11. The van der Waals surface area contributed by atoms with Crippen LogP contribution in [0.5, 0.6) is 0 Å².